The quantitative estimate of drug-likeness (QED) is 0.393. The van der Waals surface area contributed by atoms with Crippen molar-refractivity contribution in [2.45, 2.75) is 64.8 Å². The number of hydrogen-bond donors (Lipinski definition) is 1. The Labute approximate surface area is 260 Å². The number of halogens is 1. The first-order valence-corrected chi connectivity index (χ1v) is 16.0. The van der Waals surface area contributed by atoms with Gasteiger partial charge in [0.05, 0.1) is 25.7 Å². The van der Waals surface area contributed by atoms with E-state index in [1.165, 1.54) is 6.07 Å². The Balaban J connectivity index is 1.35. The molecule has 1 aromatic carbocycles. The summed E-state index contributed by atoms with van der Waals surface area (Å²) in [6, 6.07) is 5.03. The molecule has 1 spiro atoms. The number of esters is 1. The topological polar surface area (TPSA) is 91.8 Å². The van der Waals surface area contributed by atoms with Crippen LogP contribution in [0.5, 0.6) is 0 Å². The molecule has 0 aliphatic carbocycles. The maximum atomic E-state index is 14.8. The second-order valence-corrected chi connectivity index (χ2v) is 13.5. The first-order chi connectivity index (χ1) is 21.0. The summed E-state index contributed by atoms with van der Waals surface area (Å²) in [5.74, 6) is -1.13. The lowest BCUT2D eigenvalue weighted by molar-refractivity contribution is -0.151. The van der Waals surface area contributed by atoms with Crippen LogP contribution in [0, 0.1) is 23.1 Å². The van der Waals surface area contributed by atoms with Gasteiger partial charge in [0.2, 0.25) is 0 Å². The SMILES string of the molecule is C/C(=C\c1cc(F)cc(N2CCC3(COC3)C2)c1)[C@H]1OC(=O)C[C@H](O)CC[C@H](C)[C@@H](OC(=O)N2CCN(C)CC2)/C=C/[C@@H]1C. The molecule has 1 aromatic rings. The summed E-state index contributed by atoms with van der Waals surface area (Å²) in [4.78, 5) is 32.1. The largest absolute Gasteiger partial charge is 0.457 e. The molecule has 1 amide bonds. The molecule has 1 N–H and O–H groups in total. The fourth-order valence-corrected chi connectivity index (χ4v) is 6.62. The zero-order valence-corrected chi connectivity index (χ0v) is 26.5. The average Bonchev–Trinajstić information content (AvgIpc) is 3.43. The molecular formula is C34H48FN3O6. The molecule has 4 aliphatic heterocycles. The van der Waals surface area contributed by atoms with Crippen molar-refractivity contribution in [3.63, 3.8) is 0 Å². The van der Waals surface area contributed by atoms with Gasteiger partial charge in [0.25, 0.3) is 0 Å². The van der Waals surface area contributed by atoms with Crippen LogP contribution in [-0.2, 0) is 19.0 Å². The molecule has 0 radical (unpaired) electrons. The number of rotatable bonds is 4. The van der Waals surface area contributed by atoms with Crippen molar-refractivity contribution in [1.82, 2.24) is 9.80 Å². The Bertz CT molecular complexity index is 1240. The number of likely N-dealkylation sites (N-methyl/N-ethyl adjacent to an activating group) is 1. The molecule has 4 heterocycles. The predicted molar refractivity (Wildman–Crippen MR) is 167 cm³/mol. The molecule has 44 heavy (non-hydrogen) atoms. The first kappa shape index (κ1) is 32.4. The number of ether oxygens (including phenoxy) is 3. The normalized spacial score (nSPS) is 31.1. The molecule has 10 heteroatoms. The lowest BCUT2D eigenvalue weighted by atomic mass is 9.85. The summed E-state index contributed by atoms with van der Waals surface area (Å²) in [5.41, 5.74) is 2.46. The van der Waals surface area contributed by atoms with Crippen molar-refractivity contribution < 1.29 is 33.3 Å². The van der Waals surface area contributed by atoms with Gasteiger partial charge in [-0.1, -0.05) is 26.0 Å². The number of piperazine rings is 1. The number of carbonyl (C=O) groups excluding carboxylic acids is 2. The Morgan fingerprint density at radius 1 is 1.09 bits per heavy atom. The van der Waals surface area contributed by atoms with Gasteiger partial charge in [-0.05, 0) is 74.6 Å². The highest BCUT2D eigenvalue weighted by atomic mass is 19.1. The van der Waals surface area contributed by atoms with Gasteiger partial charge >= 0.3 is 12.1 Å². The number of carbonyl (C=O) groups is 2. The van der Waals surface area contributed by atoms with Crippen LogP contribution in [-0.4, -0.2) is 105 Å². The maximum Gasteiger partial charge on any atom is 0.410 e. The zero-order chi connectivity index (χ0) is 31.4. The molecular weight excluding hydrogens is 565 g/mol. The van der Waals surface area contributed by atoms with Crippen molar-refractivity contribution in [2.24, 2.45) is 17.3 Å². The fraction of sp³-hybridized carbons (Fsp3) is 0.647. The third kappa shape index (κ3) is 8.00. The second kappa shape index (κ2) is 14.0. The minimum absolute atomic E-state index is 0.0583. The molecule has 242 valence electrons. The molecule has 9 nitrogen and oxygen atoms in total. The molecule has 0 aromatic heterocycles. The Morgan fingerprint density at radius 2 is 1.84 bits per heavy atom. The van der Waals surface area contributed by atoms with E-state index in [1.807, 2.05) is 52.1 Å². The summed E-state index contributed by atoms with van der Waals surface area (Å²) in [6.07, 6.45) is 5.23. The molecule has 0 bridgehead atoms. The van der Waals surface area contributed by atoms with Gasteiger partial charge in [0, 0.05) is 56.3 Å². The minimum Gasteiger partial charge on any atom is -0.457 e. The highest BCUT2D eigenvalue weighted by molar-refractivity contribution is 5.71. The minimum atomic E-state index is -0.863. The van der Waals surface area contributed by atoms with Crippen LogP contribution in [0.15, 0.2) is 35.9 Å². The highest BCUT2D eigenvalue weighted by Gasteiger charge is 2.44. The van der Waals surface area contributed by atoms with Gasteiger partial charge in [-0.2, -0.15) is 0 Å². The van der Waals surface area contributed by atoms with Gasteiger partial charge in [0.1, 0.15) is 18.0 Å². The number of hydrogen-bond acceptors (Lipinski definition) is 8. The van der Waals surface area contributed by atoms with E-state index in [9.17, 15) is 19.1 Å². The van der Waals surface area contributed by atoms with Crippen LogP contribution in [0.4, 0.5) is 14.9 Å². The monoisotopic (exact) mass is 613 g/mol. The number of aliphatic hydroxyl groups is 1. The van der Waals surface area contributed by atoms with E-state index in [0.717, 1.165) is 57.1 Å². The summed E-state index contributed by atoms with van der Waals surface area (Å²) in [5, 5.41) is 10.6. The molecule has 3 saturated heterocycles. The number of aliphatic hydroxyl groups excluding tert-OH is 1. The van der Waals surface area contributed by atoms with Gasteiger partial charge in [-0.25, -0.2) is 9.18 Å². The maximum absolute atomic E-state index is 14.8. The number of cyclic esters (lactones) is 1. The number of benzene rings is 1. The van der Waals surface area contributed by atoms with E-state index >= 15 is 0 Å². The zero-order valence-electron chi connectivity index (χ0n) is 26.5. The number of anilines is 1. The van der Waals surface area contributed by atoms with Gasteiger partial charge in [-0.15, -0.1) is 0 Å². The third-order valence-electron chi connectivity index (χ3n) is 9.63. The average molecular weight is 614 g/mol. The standard InChI is InChI=1S/C34H48FN3O6/c1-23-5-7-29(39)19-31(40)44-32(24(2)6-8-30(23)43-33(41)37-13-11-36(4)12-14-37)25(3)15-26-16-27(35)18-28(17-26)38-10-9-34(20-38)21-42-22-34/h6,8,15-18,23-24,29-30,32,39H,5,7,9-14,19-22H2,1-4H3/b8-6+,25-15+/t23-,24-,29+,30-,32-/m0/s1. The predicted octanol–water partition coefficient (Wildman–Crippen LogP) is 4.49. The van der Waals surface area contributed by atoms with Gasteiger partial charge in [-0.3, -0.25) is 4.79 Å². The van der Waals surface area contributed by atoms with E-state index in [4.69, 9.17) is 14.2 Å². The van der Waals surface area contributed by atoms with Gasteiger partial charge < -0.3 is 34.0 Å². The lowest BCUT2D eigenvalue weighted by Gasteiger charge is -2.37. The molecule has 4 aliphatic rings. The van der Waals surface area contributed by atoms with E-state index in [0.29, 0.717) is 31.5 Å². The Morgan fingerprint density at radius 3 is 2.52 bits per heavy atom. The Hall–Kier alpha value is -2.95. The van der Waals surface area contributed by atoms with Crippen molar-refractivity contribution in [1.29, 1.82) is 0 Å². The summed E-state index contributed by atoms with van der Waals surface area (Å²) >= 11 is 0. The summed E-state index contributed by atoms with van der Waals surface area (Å²) in [6.45, 7) is 11.9. The van der Waals surface area contributed by atoms with Crippen LogP contribution in [0.3, 0.4) is 0 Å². The highest BCUT2D eigenvalue weighted by Crippen LogP contribution is 2.40. The van der Waals surface area contributed by atoms with Crippen LogP contribution in [0.1, 0.15) is 52.0 Å². The molecule has 3 fully saturated rings. The van der Waals surface area contributed by atoms with E-state index < -0.39 is 24.3 Å². The summed E-state index contributed by atoms with van der Waals surface area (Å²) in [7, 11) is 2.03. The molecule has 0 unspecified atom stereocenters. The smallest absolute Gasteiger partial charge is 0.410 e. The van der Waals surface area contributed by atoms with Gasteiger partial charge in [0.15, 0.2) is 0 Å². The third-order valence-corrected chi connectivity index (χ3v) is 9.63. The van der Waals surface area contributed by atoms with Crippen molar-refractivity contribution in [3.8, 4) is 0 Å². The van der Waals surface area contributed by atoms with Crippen LogP contribution < -0.4 is 4.90 Å². The van der Waals surface area contributed by atoms with Crippen LogP contribution in [0.2, 0.25) is 0 Å². The van der Waals surface area contributed by atoms with E-state index in [1.54, 1.807) is 11.0 Å². The molecule has 5 rings (SSSR count). The number of amides is 1. The number of nitrogens with zero attached hydrogens (tertiary/aromatic N) is 3. The second-order valence-electron chi connectivity index (χ2n) is 13.5. The van der Waals surface area contributed by atoms with Crippen LogP contribution >= 0.6 is 0 Å². The Kier molecular flexibility index (Phi) is 10.3. The van der Waals surface area contributed by atoms with Crippen LogP contribution in [0.25, 0.3) is 6.08 Å². The summed E-state index contributed by atoms with van der Waals surface area (Å²) < 4.78 is 32.2. The first-order valence-electron chi connectivity index (χ1n) is 16.0. The molecule has 5 atom stereocenters. The van der Waals surface area contributed by atoms with E-state index in [-0.39, 0.29) is 35.6 Å². The lowest BCUT2D eigenvalue weighted by Crippen LogP contribution is -2.48. The molecule has 0 saturated carbocycles. The van der Waals surface area contributed by atoms with E-state index in [2.05, 4.69) is 9.80 Å². The van der Waals surface area contributed by atoms with Crippen molar-refractivity contribution >= 4 is 23.8 Å². The van der Waals surface area contributed by atoms with Crippen molar-refractivity contribution in [2.75, 3.05) is 64.4 Å². The van der Waals surface area contributed by atoms with Crippen molar-refractivity contribution in [3.05, 3.63) is 47.3 Å². The fourth-order valence-electron chi connectivity index (χ4n) is 6.62.